The van der Waals surface area contributed by atoms with Gasteiger partial charge in [0, 0.05) is 33.2 Å². The van der Waals surface area contributed by atoms with E-state index in [1.807, 2.05) is 0 Å². The number of nitrogens with zero attached hydrogens (tertiary/aromatic N) is 3. The van der Waals surface area contributed by atoms with Crippen molar-refractivity contribution in [3.05, 3.63) is 176 Å². The molecule has 0 aromatic heterocycles. The first-order chi connectivity index (χ1) is 42.1. The molecule has 0 saturated heterocycles. The molecule has 0 unspecified atom stereocenters. The zero-order valence-corrected chi connectivity index (χ0v) is 45.7. The number of esters is 1. The van der Waals surface area contributed by atoms with Crippen LogP contribution < -0.4 is 46.1 Å². The number of ether oxygens (including phenoxy) is 4. The van der Waals surface area contributed by atoms with Gasteiger partial charge in [0.15, 0.2) is 29.0 Å². The molecular formula is C60H49N9O19. The summed E-state index contributed by atoms with van der Waals surface area (Å²) < 4.78 is 23.5. The van der Waals surface area contributed by atoms with Crippen molar-refractivity contribution in [1.29, 1.82) is 0 Å². The molecule has 88 heavy (non-hydrogen) atoms. The normalized spacial score (nSPS) is 22.3. The van der Waals surface area contributed by atoms with Crippen LogP contribution in [0.15, 0.2) is 126 Å². The first-order valence-corrected chi connectivity index (χ1v) is 26.6. The summed E-state index contributed by atoms with van der Waals surface area (Å²) in [5.74, 6) is -14.4. The Hall–Kier alpha value is -11.7. The van der Waals surface area contributed by atoms with E-state index in [2.05, 4.69) is 41.9 Å². The number of methoxy groups -OCH3 is 1. The molecule has 7 aromatic carbocycles. The number of carbonyl (C=O) groups excluding carboxylic acids is 7. The number of amides is 6. The van der Waals surface area contributed by atoms with E-state index in [1.165, 1.54) is 67.6 Å². The zero-order chi connectivity index (χ0) is 62.6. The van der Waals surface area contributed by atoms with E-state index in [9.17, 15) is 60.8 Å². The van der Waals surface area contributed by atoms with E-state index < -0.39 is 147 Å². The van der Waals surface area contributed by atoms with Crippen molar-refractivity contribution in [2.24, 2.45) is 5.11 Å². The van der Waals surface area contributed by atoms with Gasteiger partial charge in [-0.3, -0.25) is 28.8 Å². The number of rotatable bonds is 2. The Morgan fingerprint density at radius 2 is 0.989 bits per heavy atom. The third-order valence-electron chi connectivity index (χ3n) is 15.1. The quantitative estimate of drug-likeness (QED) is 0.0473. The number of benzene rings is 7. The molecule has 28 nitrogen and oxygen atoms in total. The van der Waals surface area contributed by atoms with E-state index >= 15 is 19.2 Å². The lowest BCUT2D eigenvalue weighted by atomic mass is 9.89. The van der Waals surface area contributed by atoms with Crippen LogP contribution in [0.3, 0.4) is 0 Å². The average Bonchev–Trinajstić information content (AvgIpc) is 1.69. The average molecular weight is 1200 g/mol. The van der Waals surface area contributed by atoms with Gasteiger partial charge in [-0.25, -0.2) is 4.79 Å². The maximum Gasteiger partial charge on any atom is 0.333 e. The number of azide groups is 1. The minimum Gasteiger partial charge on any atom is -0.508 e. The van der Waals surface area contributed by atoms with Gasteiger partial charge in [-0.05, 0) is 125 Å². The Morgan fingerprint density at radius 3 is 1.58 bits per heavy atom. The van der Waals surface area contributed by atoms with Gasteiger partial charge in [-0.15, -0.1) is 0 Å². The first-order valence-electron chi connectivity index (χ1n) is 26.6. The van der Waals surface area contributed by atoms with Crippen molar-refractivity contribution in [3.63, 3.8) is 0 Å². The van der Waals surface area contributed by atoms with E-state index in [0.29, 0.717) is 0 Å². The maximum absolute atomic E-state index is 15.7. The molecule has 0 aliphatic carbocycles. The molecule has 0 fully saturated rings. The van der Waals surface area contributed by atoms with E-state index in [1.54, 1.807) is 0 Å². The van der Waals surface area contributed by atoms with E-state index in [0.717, 1.165) is 67.8 Å². The second kappa shape index (κ2) is 23.0. The number of aromatic hydroxyl groups is 6. The minimum atomic E-state index is -2.17. The van der Waals surface area contributed by atoms with Crippen LogP contribution in [0.1, 0.15) is 86.9 Å². The van der Waals surface area contributed by atoms with Gasteiger partial charge in [0.25, 0.3) is 0 Å². The van der Waals surface area contributed by atoms with Crippen LogP contribution in [0, 0.1) is 6.92 Å². The molecule has 14 N–H and O–H groups in total. The molecule has 448 valence electrons. The van der Waals surface area contributed by atoms with Crippen molar-refractivity contribution in [2.75, 3.05) is 7.11 Å². The molecule has 13 rings (SSSR count). The molecule has 6 aliphatic heterocycles. The van der Waals surface area contributed by atoms with E-state index in [4.69, 9.17) is 18.9 Å². The summed E-state index contributed by atoms with van der Waals surface area (Å²) in [6, 6.07) is 9.06. The number of fused-ring (bicyclic) bond motifs is 14. The van der Waals surface area contributed by atoms with Gasteiger partial charge in [-0.2, -0.15) is 0 Å². The van der Waals surface area contributed by atoms with Gasteiger partial charge in [0.2, 0.25) is 41.2 Å². The molecule has 28 heteroatoms. The predicted molar refractivity (Wildman–Crippen MR) is 300 cm³/mol. The summed E-state index contributed by atoms with van der Waals surface area (Å²) in [5.41, 5.74) is 7.51. The summed E-state index contributed by atoms with van der Waals surface area (Å²) in [6.07, 6.45) is -4.02. The molecule has 17 bridgehead atoms. The second-order valence-electron chi connectivity index (χ2n) is 20.7. The van der Waals surface area contributed by atoms with Crippen molar-refractivity contribution in [2.45, 2.75) is 61.4 Å². The number of phenolic OH excluding ortho intramolecular Hbond substituents is 6. The van der Waals surface area contributed by atoms with Crippen LogP contribution in [-0.4, -0.2) is 101 Å². The monoisotopic (exact) mass is 1200 g/mol. The molecule has 6 aliphatic rings. The van der Waals surface area contributed by atoms with Crippen LogP contribution in [-0.2, 0) is 38.3 Å². The number of hydrogen-bond donors (Lipinski definition) is 14. The smallest absolute Gasteiger partial charge is 0.333 e. The highest BCUT2D eigenvalue weighted by molar-refractivity contribution is 6.00. The first kappa shape index (κ1) is 58.1. The van der Waals surface area contributed by atoms with Crippen LogP contribution in [0.4, 0.5) is 0 Å². The predicted octanol–water partition coefficient (Wildman–Crippen LogP) is 4.92. The second-order valence-corrected chi connectivity index (χ2v) is 20.7. The molecule has 0 spiro atoms. The highest BCUT2D eigenvalue weighted by atomic mass is 16.5. The summed E-state index contributed by atoms with van der Waals surface area (Å²) in [7, 11) is 0.968. The Bertz CT molecular complexity index is 4140. The van der Waals surface area contributed by atoms with Crippen LogP contribution >= 0.6 is 0 Å². The van der Waals surface area contributed by atoms with Crippen molar-refractivity contribution in [3.8, 4) is 80.1 Å². The molecule has 7 aromatic rings. The SMILES string of the molecule is COC(=O)[C@@H]1NC(=O)[C@H]2NC(=O)[C@H](NC(=O)[C@@H]3NC(=O)[C@H]4NC(=O)[C@H](NC(=O)[C@@H](N=[N+]=[N-])c5ccc(O)c(c5)Oc5cc4cc(O)c5C)[C@H](O)c4ccc(cc4)Oc4cc3cc(c4O)Oc3ccc(cc3)[C@H]2O)c2ccc(O)c(c2)-c2c(O)cc(O)cc21. The number of carbonyl (C=O) groups is 7. The number of aliphatic hydroxyl groups is 2. The van der Waals surface area contributed by atoms with Crippen LogP contribution in [0.25, 0.3) is 21.6 Å². The Labute approximate surface area is 495 Å². The maximum atomic E-state index is 15.7. The fourth-order valence-electron chi connectivity index (χ4n) is 10.5. The number of nitrogens with one attached hydrogen (secondary N) is 6. The third-order valence-corrected chi connectivity index (χ3v) is 15.1. The Kier molecular flexibility index (Phi) is 15.2. The lowest BCUT2D eigenvalue weighted by Crippen LogP contribution is -2.55. The number of phenols is 6. The summed E-state index contributed by atoms with van der Waals surface area (Å²) in [6.45, 7) is 1.39. The number of hydrogen-bond acceptors (Lipinski definition) is 20. The highest BCUT2D eigenvalue weighted by Crippen LogP contribution is 2.47. The van der Waals surface area contributed by atoms with Gasteiger partial charge in [0.1, 0.15) is 88.7 Å². The van der Waals surface area contributed by atoms with Gasteiger partial charge >= 0.3 is 5.97 Å². The molecular weight excluding hydrogens is 1150 g/mol. The molecule has 0 saturated carbocycles. The lowest BCUT2D eigenvalue weighted by molar-refractivity contribution is -0.146. The highest BCUT2D eigenvalue weighted by Gasteiger charge is 2.42. The molecule has 9 atom stereocenters. The summed E-state index contributed by atoms with van der Waals surface area (Å²) in [5, 5.41) is 111. The third kappa shape index (κ3) is 10.9. The van der Waals surface area contributed by atoms with Gasteiger partial charge < -0.3 is 91.7 Å². The molecule has 0 radical (unpaired) electrons. The fourth-order valence-corrected chi connectivity index (χ4v) is 10.5. The molecule has 6 amide bonds. The van der Waals surface area contributed by atoms with Crippen molar-refractivity contribution < 1.29 is 93.4 Å². The van der Waals surface area contributed by atoms with Crippen molar-refractivity contribution in [1.82, 2.24) is 31.9 Å². The largest absolute Gasteiger partial charge is 0.508 e. The summed E-state index contributed by atoms with van der Waals surface area (Å²) in [4.78, 5) is 107. The van der Waals surface area contributed by atoms with Crippen LogP contribution in [0.5, 0.6) is 69.0 Å². The Balaban J connectivity index is 1.14. The standard InChI is InChI=1S/C60H49N9O19/c1-23-37(73)16-28-18-39(23)88-40-17-27(8-14-36(40)72)47(68-69-61)57(81)67-49-51(75)24-3-9-31(10-4-24)86-41-19-29-20-42(53(41)77)87-32-11-5-25(6-12-32)52(76)50-59(83)65-48(60(84)85-2)34-21-30(70)22-38(74)43(34)33-15-26(7-13-35(33)71)44(54(78)66-50)62-56(80)46(29)63-55(79)45(28)64-58(49)82/h3-22,44-52,70-77H,1-2H3,(H,62,80)(H,63,79)(H,64,82)(H,65,83)(H,66,78)(H,67,81)/t44-,45+,46-,47+,48-,49-,50+,51-,52-/m1/s1. The Morgan fingerprint density at radius 1 is 0.500 bits per heavy atom. The molecule has 6 heterocycles. The van der Waals surface area contributed by atoms with Crippen LogP contribution in [0.2, 0.25) is 0 Å². The topological polar surface area (TPSA) is 439 Å². The zero-order valence-electron chi connectivity index (χ0n) is 45.7. The minimum absolute atomic E-state index is 0.00237. The van der Waals surface area contributed by atoms with E-state index in [-0.39, 0.29) is 73.1 Å². The van der Waals surface area contributed by atoms with Crippen molar-refractivity contribution >= 4 is 41.4 Å². The lowest BCUT2D eigenvalue weighted by Gasteiger charge is -2.31. The van der Waals surface area contributed by atoms with Gasteiger partial charge in [-0.1, -0.05) is 41.5 Å². The summed E-state index contributed by atoms with van der Waals surface area (Å²) >= 11 is 0. The fraction of sp³-hybridized carbons (Fsp3) is 0.183. The van der Waals surface area contributed by atoms with Gasteiger partial charge in [0.05, 0.1) is 7.11 Å². The number of aliphatic hydroxyl groups excluding tert-OH is 2.